The molecule has 6 aliphatic carbocycles. The second-order valence-electron chi connectivity index (χ2n) is 10.6. The van der Waals surface area contributed by atoms with Gasteiger partial charge in [0, 0.05) is 5.41 Å². The predicted octanol–water partition coefficient (Wildman–Crippen LogP) is 3.61. The van der Waals surface area contributed by atoms with Crippen LogP contribution in [0.15, 0.2) is 0 Å². The Bertz CT molecular complexity index is 532. The van der Waals surface area contributed by atoms with E-state index in [-0.39, 0.29) is 18.1 Å². The van der Waals surface area contributed by atoms with Crippen LogP contribution in [0.2, 0.25) is 0 Å². The molecule has 4 bridgehead atoms. The average molecular weight is 304 g/mol. The highest BCUT2D eigenvalue weighted by Gasteiger charge is 2.78. The van der Waals surface area contributed by atoms with Crippen LogP contribution >= 0.6 is 0 Å². The van der Waals surface area contributed by atoms with Crippen LogP contribution in [0.5, 0.6) is 0 Å². The Morgan fingerprint density at radius 2 is 1.73 bits per heavy atom. The first kappa shape index (κ1) is 14.3. The maximum atomic E-state index is 10.6. The molecule has 0 amide bonds. The van der Waals surface area contributed by atoms with E-state index in [2.05, 4.69) is 20.8 Å². The fraction of sp³-hybridized carbons (Fsp3) is 1.00. The summed E-state index contributed by atoms with van der Waals surface area (Å²) in [6.45, 7) is 7.40. The summed E-state index contributed by atoms with van der Waals surface area (Å²) < 4.78 is 0. The van der Waals surface area contributed by atoms with Crippen molar-refractivity contribution in [2.24, 2.45) is 45.3 Å². The number of aliphatic hydroxyl groups excluding tert-OH is 2. The van der Waals surface area contributed by atoms with E-state index in [1.54, 1.807) is 0 Å². The normalized spacial score (nSPS) is 68.3. The SMILES string of the molecule is C[C@@]1(CO)[C@H]2CCC34CC5[C@@H](C[C@H]3[C@]2(C)CC[C@H]1O)[C@@]5(C)C4. The highest BCUT2D eigenvalue weighted by molar-refractivity contribution is 5.27. The zero-order chi connectivity index (χ0) is 15.5. The summed E-state index contributed by atoms with van der Waals surface area (Å²) in [5, 5.41) is 20.7. The maximum absolute atomic E-state index is 10.6. The van der Waals surface area contributed by atoms with Crippen molar-refractivity contribution in [3.8, 4) is 0 Å². The molecule has 0 aliphatic heterocycles. The zero-order valence-corrected chi connectivity index (χ0v) is 14.4. The third kappa shape index (κ3) is 1.30. The molecule has 2 unspecified atom stereocenters. The van der Waals surface area contributed by atoms with E-state index >= 15 is 0 Å². The van der Waals surface area contributed by atoms with E-state index in [9.17, 15) is 10.2 Å². The van der Waals surface area contributed by atoms with Gasteiger partial charge < -0.3 is 10.2 Å². The molecule has 9 atom stereocenters. The van der Waals surface area contributed by atoms with Crippen LogP contribution in [0, 0.1) is 45.3 Å². The molecule has 0 radical (unpaired) electrons. The Balaban J connectivity index is 1.55. The lowest BCUT2D eigenvalue weighted by Gasteiger charge is -2.66. The zero-order valence-electron chi connectivity index (χ0n) is 14.4. The van der Waals surface area contributed by atoms with Gasteiger partial charge in [-0.3, -0.25) is 0 Å². The Hall–Kier alpha value is -0.0800. The standard InChI is InChI=1S/C20H32O2/c1-17-6-5-16(22)19(3,11-21)14(17)4-7-20-9-13-12(8-15(17)20)18(13,2)10-20/h12-16,21-22H,4-11H2,1-3H3/t12-,13?,14+,15+,16-,17-,18-,19-,20?/m1/s1. The van der Waals surface area contributed by atoms with Crippen molar-refractivity contribution in [3.63, 3.8) is 0 Å². The Morgan fingerprint density at radius 3 is 2.36 bits per heavy atom. The van der Waals surface area contributed by atoms with Gasteiger partial charge in [-0.15, -0.1) is 0 Å². The van der Waals surface area contributed by atoms with Crippen molar-refractivity contribution >= 4 is 0 Å². The van der Waals surface area contributed by atoms with Crippen molar-refractivity contribution < 1.29 is 10.2 Å². The molecular formula is C20H32O2. The lowest BCUT2D eigenvalue weighted by molar-refractivity contribution is -0.205. The Labute approximate surface area is 134 Å². The summed E-state index contributed by atoms with van der Waals surface area (Å²) in [6.07, 6.45) is 8.78. The topological polar surface area (TPSA) is 40.5 Å². The molecule has 0 aromatic rings. The van der Waals surface area contributed by atoms with Crippen molar-refractivity contribution in [2.45, 2.75) is 71.8 Å². The summed E-state index contributed by atoms with van der Waals surface area (Å²) in [5.41, 5.74) is 1.40. The Morgan fingerprint density at radius 1 is 0.955 bits per heavy atom. The number of fused-ring (bicyclic) bond motifs is 1. The molecule has 0 heterocycles. The average Bonchev–Trinajstić information content (AvgIpc) is 2.94. The predicted molar refractivity (Wildman–Crippen MR) is 86.1 cm³/mol. The molecular weight excluding hydrogens is 272 g/mol. The minimum Gasteiger partial charge on any atom is -0.396 e. The summed E-state index contributed by atoms with van der Waals surface area (Å²) in [7, 11) is 0. The molecule has 0 aromatic carbocycles. The smallest absolute Gasteiger partial charge is 0.0618 e. The van der Waals surface area contributed by atoms with E-state index in [0.29, 0.717) is 22.2 Å². The van der Waals surface area contributed by atoms with E-state index < -0.39 is 0 Å². The highest BCUT2D eigenvalue weighted by Crippen LogP contribution is 2.85. The van der Waals surface area contributed by atoms with Crippen LogP contribution in [0.3, 0.4) is 0 Å². The van der Waals surface area contributed by atoms with Crippen LogP contribution < -0.4 is 0 Å². The molecule has 0 saturated heterocycles. The van der Waals surface area contributed by atoms with Gasteiger partial charge in [0.2, 0.25) is 0 Å². The van der Waals surface area contributed by atoms with Gasteiger partial charge in [-0.05, 0) is 84.9 Å². The van der Waals surface area contributed by atoms with Gasteiger partial charge in [0.25, 0.3) is 0 Å². The number of rotatable bonds is 1. The van der Waals surface area contributed by atoms with Gasteiger partial charge >= 0.3 is 0 Å². The van der Waals surface area contributed by atoms with Crippen molar-refractivity contribution in [2.75, 3.05) is 6.61 Å². The molecule has 2 nitrogen and oxygen atoms in total. The van der Waals surface area contributed by atoms with Crippen LogP contribution in [0.25, 0.3) is 0 Å². The molecule has 0 aromatic heterocycles. The van der Waals surface area contributed by atoms with E-state index in [0.717, 1.165) is 24.2 Å². The molecule has 6 fully saturated rings. The maximum Gasteiger partial charge on any atom is 0.0618 e. The summed E-state index contributed by atoms with van der Waals surface area (Å²) in [4.78, 5) is 0. The van der Waals surface area contributed by atoms with Crippen LogP contribution in [-0.2, 0) is 0 Å². The molecule has 1 spiro atoms. The molecule has 6 aliphatic rings. The lowest BCUT2D eigenvalue weighted by Crippen LogP contribution is -2.62. The number of aliphatic hydroxyl groups is 2. The minimum absolute atomic E-state index is 0.151. The molecule has 6 rings (SSSR count). The fourth-order valence-electron chi connectivity index (χ4n) is 8.87. The summed E-state index contributed by atoms with van der Waals surface area (Å²) in [5.74, 6) is 3.41. The van der Waals surface area contributed by atoms with Gasteiger partial charge in [0.05, 0.1) is 12.7 Å². The van der Waals surface area contributed by atoms with Crippen LogP contribution in [-0.4, -0.2) is 22.9 Å². The van der Waals surface area contributed by atoms with Crippen molar-refractivity contribution in [3.05, 3.63) is 0 Å². The van der Waals surface area contributed by atoms with Crippen LogP contribution in [0.1, 0.15) is 65.7 Å². The lowest BCUT2D eigenvalue weighted by atomic mass is 9.39. The quantitative estimate of drug-likeness (QED) is 0.777. The first-order chi connectivity index (χ1) is 10.3. The van der Waals surface area contributed by atoms with E-state index in [1.807, 2.05) is 0 Å². The minimum atomic E-state index is -0.312. The molecule has 6 saturated carbocycles. The van der Waals surface area contributed by atoms with Gasteiger partial charge in [-0.25, -0.2) is 0 Å². The van der Waals surface area contributed by atoms with Gasteiger partial charge in [-0.2, -0.15) is 0 Å². The highest BCUT2D eigenvalue weighted by atomic mass is 16.3. The third-order valence-electron chi connectivity index (χ3n) is 10.0. The van der Waals surface area contributed by atoms with E-state index in [1.165, 1.54) is 38.5 Å². The van der Waals surface area contributed by atoms with Crippen molar-refractivity contribution in [1.82, 2.24) is 0 Å². The largest absolute Gasteiger partial charge is 0.396 e. The van der Waals surface area contributed by atoms with Crippen LogP contribution in [0.4, 0.5) is 0 Å². The number of hydrogen-bond donors (Lipinski definition) is 2. The first-order valence-electron chi connectivity index (χ1n) is 9.59. The monoisotopic (exact) mass is 304 g/mol. The fourth-order valence-corrected chi connectivity index (χ4v) is 8.87. The summed E-state index contributed by atoms with van der Waals surface area (Å²) in [6, 6.07) is 0. The third-order valence-corrected chi connectivity index (χ3v) is 10.0. The van der Waals surface area contributed by atoms with E-state index in [4.69, 9.17) is 0 Å². The molecule has 2 heteroatoms. The molecule has 124 valence electrons. The van der Waals surface area contributed by atoms with Gasteiger partial charge in [0.1, 0.15) is 0 Å². The summed E-state index contributed by atoms with van der Waals surface area (Å²) >= 11 is 0. The molecule has 2 N–H and O–H groups in total. The molecule has 22 heavy (non-hydrogen) atoms. The van der Waals surface area contributed by atoms with Gasteiger partial charge in [0.15, 0.2) is 0 Å². The van der Waals surface area contributed by atoms with Crippen molar-refractivity contribution in [1.29, 1.82) is 0 Å². The van der Waals surface area contributed by atoms with Gasteiger partial charge in [-0.1, -0.05) is 20.8 Å². The second kappa shape index (κ2) is 3.77. The second-order valence-corrected chi connectivity index (χ2v) is 10.6. The Kier molecular flexibility index (Phi) is 2.45. The number of hydrogen-bond acceptors (Lipinski definition) is 2. The first-order valence-corrected chi connectivity index (χ1v) is 9.59.